The first-order valence-corrected chi connectivity index (χ1v) is 9.11. The van der Waals surface area contributed by atoms with E-state index < -0.39 is 0 Å². The van der Waals surface area contributed by atoms with E-state index in [4.69, 9.17) is 16.7 Å². The Labute approximate surface area is 158 Å². The van der Waals surface area contributed by atoms with Crippen molar-refractivity contribution in [2.75, 3.05) is 16.4 Å². The second kappa shape index (κ2) is 8.85. The van der Waals surface area contributed by atoms with Gasteiger partial charge in [0, 0.05) is 35.6 Å². The number of aromatic nitrogens is 3. The summed E-state index contributed by atoms with van der Waals surface area (Å²) in [6.07, 6.45) is 6.69. The number of unbranched alkanes of at least 4 members (excludes halogenated alkanes) is 2. The second-order valence-electron chi connectivity index (χ2n) is 6.53. The van der Waals surface area contributed by atoms with Crippen LogP contribution in [0.25, 0.3) is 5.57 Å². The molecule has 0 spiro atoms. The average Bonchev–Trinajstić information content (AvgIpc) is 3.45. The molecule has 6 N–H and O–H groups in total. The lowest BCUT2D eigenvalue weighted by molar-refractivity contribution is 0.770. The molecule has 0 radical (unpaired) electrons. The predicted octanol–water partition coefficient (Wildman–Crippen LogP) is 3.16. The number of nitriles is 1. The van der Waals surface area contributed by atoms with Crippen molar-refractivity contribution in [1.29, 1.82) is 5.26 Å². The van der Waals surface area contributed by atoms with Crippen LogP contribution in [0.4, 0.5) is 23.3 Å². The third kappa shape index (κ3) is 5.57. The molecular weight excluding hydrogens is 340 g/mol. The maximum Gasteiger partial charge on any atom is 0.232 e. The molecule has 1 aromatic carbocycles. The quantitative estimate of drug-likeness (QED) is 0.393. The zero-order chi connectivity index (χ0) is 19.1. The summed E-state index contributed by atoms with van der Waals surface area (Å²) in [7, 11) is 0. The van der Waals surface area contributed by atoms with E-state index in [1.165, 1.54) is 6.20 Å². The van der Waals surface area contributed by atoms with Crippen molar-refractivity contribution in [3.8, 4) is 6.07 Å². The maximum absolute atomic E-state index is 8.68. The van der Waals surface area contributed by atoms with Crippen LogP contribution in [0.1, 0.15) is 44.3 Å². The molecule has 0 unspecified atom stereocenters. The van der Waals surface area contributed by atoms with Gasteiger partial charge in [0.2, 0.25) is 11.9 Å². The summed E-state index contributed by atoms with van der Waals surface area (Å²) in [6.45, 7) is 0. The van der Waals surface area contributed by atoms with E-state index in [0.29, 0.717) is 42.3 Å². The Morgan fingerprint density at radius 3 is 2.74 bits per heavy atom. The minimum Gasteiger partial charge on any atom is -0.404 e. The van der Waals surface area contributed by atoms with E-state index in [1.54, 1.807) is 0 Å². The molecule has 0 saturated heterocycles. The van der Waals surface area contributed by atoms with Crippen LogP contribution >= 0.6 is 0 Å². The summed E-state index contributed by atoms with van der Waals surface area (Å²) in [4.78, 5) is 13.5. The average molecular weight is 364 g/mol. The van der Waals surface area contributed by atoms with Gasteiger partial charge in [0.05, 0.1) is 6.07 Å². The Morgan fingerprint density at radius 2 is 2.04 bits per heavy atom. The monoisotopic (exact) mass is 364 g/mol. The van der Waals surface area contributed by atoms with Gasteiger partial charge >= 0.3 is 0 Å². The van der Waals surface area contributed by atoms with E-state index in [-0.39, 0.29) is 0 Å². The number of nitrogens with two attached hydrogens (primary N) is 2. The van der Waals surface area contributed by atoms with Gasteiger partial charge in [-0.3, -0.25) is 0 Å². The molecule has 1 fully saturated rings. The Hall–Kier alpha value is -3.34. The third-order valence-electron chi connectivity index (χ3n) is 4.16. The molecule has 8 heteroatoms. The standard InChI is InChI=1S/C19H24N8/c20-10-3-1-2-5-13(12-21)17-25-18(23-15-8-9-15)27-19(26-17)24-16-7-4-6-14(22)11-16/h4,6-7,11-12,15H,1-3,5,8-9,21-22H2,(H2,23,24,25,26,27). The number of nitrogens with one attached hydrogen (secondary N) is 2. The first kappa shape index (κ1) is 18.5. The number of rotatable bonds is 9. The SMILES string of the molecule is N#CCCCCC(=CN)c1nc(Nc2cccc(N)c2)nc(NC2CC2)n1. The molecule has 1 heterocycles. The highest BCUT2D eigenvalue weighted by Gasteiger charge is 2.23. The van der Waals surface area contributed by atoms with Gasteiger partial charge in [-0.1, -0.05) is 6.07 Å². The van der Waals surface area contributed by atoms with E-state index >= 15 is 0 Å². The minimum absolute atomic E-state index is 0.418. The second-order valence-corrected chi connectivity index (χ2v) is 6.53. The smallest absolute Gasteiger partial charge is 0.232 e. The summed E-state index contributed by atoms with van der Waals surface area (Å²) in [5.74, 6) is 1.51. The van der Waals surface area contributed by atoms with E-state index in [2.05, 4.69) is 31.7 Å². The van der Waals surface area contributed by atoms with Crippen LogP contribution in [0, 0.1) is 11.3 Å². The number of hydrogen-bond donors (Lipinski definition) is 4. The zero-order valence-electron chi connectivity index (χ0n) is 15.2. The number of nitrogen functional groups attached to an aromatic ring is 1. The van der Waals surface area contributed by atoms with Crippen LogP contribution in [-0.4, -0.2) is 21.0 Å². The number of hydrogen-bond acceptors (Lipinski definition) is 8. The lowest BCUT2D eigenvalue weighted by atomic mass is 10.1. The molecule has 0 bridgehead atoms. The molecule has 1 aliphatic carbocycles. The van der Waals surface area contributed by atoms with E-state index in [9.17, 15) is 0 Å². The molecule has 2 aromatic rings. The first-order valence-electron chi connectivity index (χ1n) is 9.11. The molecule has 27 heavy (non-hydrogen) atoms. The topological polar surface area (TPSA) is 139 Å². The van der Waals surface area contributed by atoms with Gasteiger partial charge < -0.3 is 22.1 Å². The summed E-state index contributed by atoms with van der Waals surface area (Å²) in [5.41, 5.74) is 14.0. The van der Waals surface area contributed by atoms with Gasteiger partial charge in [0.15, 0.2) is 5.82 Å². The first-order chi connectivity index (χ1) is 13.2. The van der Waals surface area contributed by atoms with Gasteiger partial charge in [0.25, 0.3) is 0 Å². The summed E-state index contributed by atoms with van der Waals surface area (Å²) >= 11 is 0. The Bertz CT molecular complexity index is 851. The molecule has 0 aliphatic heterocycles. The molecular formula is C19H24N8. The van der Waals surface area contributed by atoms with Gasteiger partial charge in [-0.2, -0.15) is 20.2 Å². The molecule has 8 nitrogen and oxygen atoms in total. The van der Waals surface area contributed by atoms with Gasteiger partial charge in [0.1, 0.15) is 0 Å². The molecule has 1 saturated carbocycles. The highest BCUT2D eigenvalue weighted by atomic mass is 15.2. The van der Waals surface area contributed by atoms with Gasteiger partial charge in [-0.15, -0.1) is 0 Å². The van der Waals surface area contributed by atoms with Crippen LogP contribution in [0.2, 0.25) is 0 Å². The Balaban J connectivity index is 1.82. The minimum atomic E-state index is 0.418. The lowest BCUT2D eigenvalue weighted by Gasteiger charge is -2.12. The lowest BCUT2D eigenvalue weighted by Crippen LogP contribution is -2.11. The molecule has 0 amide bonds. The summed E-state index contributed by atoms with van der Waals surface area (Å²) < 4.78 is 0. The molecule has 0 atom stereocenters. The summed E-state index contributed by atoms with van der Waals surface area (Å²) in [6, 6.07) is 9.97. The van der Waals surface area contributed by atoms with Crippen molar-refractivity contribution in [2.45, 2.75) is 44.6 Å². The molecule has 3 rings (SSSR count). The van der Waals surface area contributed by atoms with Crippen LogP contribution < -0.4 is 22.1 Å². The number of allylic oxidation sites excluding steroid dienone is 1. The van der Waals surface area contributed by atoms with Crippen LogP contribution in [-0.2, 0) is 0 Å². The number of benzene rings is 1. The number of nitrogens with zero attached hydrogens (tertiary/aromatic N) is 4. The summed E-state index contributed by atoms with van der Waals surface area (Å²) in [5, 5.41) is 15.2. The van der Waals surface area contributed by atoms with Crippen molar-refractivity contribution >= 4 is 28.8 Å². The third-order valence-corrected chi connectivity index (χ3v) is 4.16. The van der Waals surface area contributed by atoms with Crippen LogP contribution in [0.3, 0.4) is 0 Å². The predicted molar refractivity (Wildman–Crippen MR) is 107 cm³/mol. The van der Waals surface area contributed by atoms with Crippen LogP contribution in [0.5, 0.6) is 0 Å². The fourth-order valence-corrected chi connectivity index (χ4v) is 2.58. The fraction of sp³-hybridized carbons (Fsp3) is 0.368. The van der Waals surface area contributed by atoms with Gasteiger partial charge in [-0.25, -0.2) is 0 Å². The maximum atomic E-state index is 8.68. The zero-order valence-corrected chi connectivity index (χ0v) is 15.2. The van der Waals surface area contributed by atoms with Crippen molar-refractivity contribution < 1.29 is 0 Å². The van der Waals surface area contributed by atoms with Crippen LogP contribution in [0.15, 0.2) is 30.5 Å². The molecule has 1 aliphatic rings. The normalized spacial score (nSPS) is 13.8. The fourth-order valence-electron chi connectivity index (χ4n) is 2.58. The Morgan fingerprint density at radius 1 is 1.22 bits per heavy atom. The Kier molecular flexibility index (Phi) is 6.05. The molecule has 140 valence electrons. The van der Waals surface area contributed by atoms with Crippen molar-refractivity contribution in [3.05, 3.63) is 36.3 Å². The largest absolute Gasteiger partial charge is 0.404 e. The highest BCUT2D eigenvalue weighted by Crippen LogP contribution is 2.26. The highest BCUT2D eigenvalue weighted by molar-refractivity contribution is 5.64. The van der Waals surface area contributed by atoms with E-state index in [1.807, 2.05) is 24.3 Å². The van der Waals surface area contributed by atoms with Crippen molar-refractivity contribution in [3.63, 3.8) is 0 Å². The van der Waals surface area contributed by atoms with Gasteiger partial charge in [-0.05, 0) is 50.3 Å². The van der Waals surface area contributed by atoms with Crippen molar-refractivity contribution in [1.82, 2.24) is 15.0 Å². The van der Waals surface area contributed by atoms with Crippen molar-refractivity contribution in [2.24, 2.45) is 5.73 Å². The van der Waals surface area contributed by atoms with E-state index in [0.717, 1.165) is 36.9 Å². The molecule has 1 aromatic heterocycles. The number of anilines is 4.